The molecule has 0 fully saturated rings. The van der Waals surface area contributed by atoms with Gasteiger partial charge in [0, 0.05) is 24.5 Å². The van der Waals surface area contributed by atoms with Crippen molar-refractivity contribution in [3.63, 3.8) is 0 Å². The molecule has 0 unspecified atom stereocenters. The van der Waals surface area contributed by atoms with Crippen LogP contribution in [0.2, 0.25) is 5.02 Å². The van der Waals surface area contributed by atoms with E-state index in [0.717, 1.165) is 22.1 Å². The number of carbonyl (C=O) groups excluding carboxylic acids is 1. The molecule has 0 amide bonds. The van der Waals surface area contributed by atoms with Crippen LogP contribution in [0.15, 0.2) is 30.3 Å². The zero-order chi connectivity index (χ0) is 15.6. The van der Waals surface area contributed by atoms with Gasteiger partial charge in [-0.05, 0) is 23.8 Å². The molecule has 0 saturated heterocycles. The summed E-state index contributed by atoms with van der Waals surface area (Å²) in [7, 11) is 1.98. The van der Waals surface area contributed by atoms with Crippen LogP contribution in [0.5, 0.6) is 0 Å². The zero-order valence-corrected chi connectivity index (χ0v) is 14.0. The van der Waals surface area contributed by atoms with Gasteiger partial charge < -0.3 is 10.6 Å². The zero-order valence-electron chi connectivity index (χ0n) is 12.4. The number of nitrogens with zero attached hydrogens (tertiary/aromatic N) is 1. The van der Waals surface area contributed by atoms with Crippen molar-refractivity contribution < 1.29 is 4.79 Å². The molecule has 1 heterocycles. The lowest BCUT2D eigenvalue weighted by Crippen LogP contribution is -2.14. The largest absolute Gasteiger partial charge is 0.397 e. The summed E-state index contributed by atoms with van der Waals surface area (Å²) in [5.41, 5.74) is 7.66. The summed E-state index contributed by atoms with van der Waals surface area (Å²) in [5.74, 6) is 0.0527. The normalized spacial score (nSPS) is 10.9. The molecule has 0 aliphatic heterocycles. The summed E-state index contributed by atoms with van der Waals surface area (Å²) >= 11 is 7.45. The van der Waals surface area contributed by atoms with Crippen molar-refractivity contribution in [1.82, 2.24) is 0 Å². The summed E-state index contributed by atoms with van der Waals surface area (Å²) in [6.45, 7) is 4.49. The van der Waals surface area contributed by atoms with Gasteiger partial charge in [0.15, 0.2) is 5.78 Å². The number of Topliss-reactive ketones (excluding diaryl/α,β-unsaturated/α-hetero) is 1. The van der Waals surface area contributed by atoms with Crippen LogP contribution in [0, 0.1) is 5.92 Å². The van der Waals surface area contributed by atoms with Crippen LogP contribution in [0.3, 0.4) is 0 Å². The number of carbonyl (C=O) groups is 1. The number of ketones is 1. The molecule has 1 aromatic heterocycles. The Hall–Kier alpha value is -1.52. The van der Waals surface area contributed by atoms with Gasteiger partial charge in [-0.2, -0.15) is 0 Å². The maximum absolute atomic E-state index is 12.1. The van der Waals surface area contributed by atoms with Crippen LogP contribution in [0.25, 0.3) is 0 Å². The van der Waals surface area contributed by atoms with Crippen molar-refractivity contribution in [3.05, 3.63) is 45.8 Å². The second-order valence-electron chi connectivity index (χ2n) is 5.37. The molecule has 5 heteroatoms. The molecule has 0 bridgehead atoms. The minimum absolute atomic E-state index is 0.0444. The van der Waals surface area contributed by atoms with Crippen molar-refractivity contribution in [1.29, 1.82) is 0 Å². The summed E-state index contributed by atoms with van der Waals surface area (Å²) in [6, 6.07) is 9.62. The highest BCUT2D eigenvalue weighted by Crippen LogP contribution is 2.34. The van der Waals surface area contributed by atoms with Crippen molar-refractivity contribution in [2.45, 2.75) is 20.4 Å². The van der Waals surface area contributed by atoms with Crippen LogP contribution in [-0.2, 0) is 6.54 Å². The SMILES string of the molecule is CC(C)C(=O)c1sc(N(C)Cc2cccc(Cl)c2)cc1N. The minimum Gasteiger partial charge on any atom is -0.397 e. The number of thiophene rings is 1. The van der Waals surface area contributed by atoms with Crippen molar-refractivity contribution in [2.24, 2.45) is 5.92 Å². The van der Waals surface area contributed by atoms with Gasteiger partial charge in [-0.1, -0.05) is 37.6 Å². The predicted molar refractivity (Wildman–Crippen MR) is 91.5 cm³/mol. The Balaban J connectivity index is 2.18. The number of hydrogen-bond acceptors (Lipinski definition) is 4. The minimum atomic E-state index is -0.0444. The lowest BCUT2D eigenvalue weighted by molar-refractivity contribution is 0.0944. The Kier molecular flexibility index (Phi) is 4.91. The number of nitrogen functional groups attached to an aromatic ring is 1. The van der Waals surface area contributed by atoms with E-state index in [1.54, 1.807) is 0 Å². The molecule has 0 atom stereocenters. The second-order valence-corrected chi connectivity index (χ2v) is 6.84. The van der Waals surface area contributed by atoms with E-state index in [-0.39, 0.29) is 11.7 Å². The third-order valence-electron chi connectivity index (χ3n) is 3.18. The number of hydrogen-bond donors (Lipinski definition) is 1. The quantitative estimate of drug-likeness (QED) is 0.827. The molecular formula is C16H19ClN2OS. The van der Waals surface area contributed by atoms with E-state index in [2.05, 4.69) is 4.90 Å². The van der Waals surface area contributed by atoms with Gasteiger partial charge in [-0.15, -0.1) is 11.3 Å². The van der Waals surface area contributed by atoms with Crippen LogP contribution < -0.4 is 10.6 Å². The van der Waals surface area contributed by atoms with Crippen LogP contribution in [-0.4, -0.2) is 12.8 Å². The van der Waals surface area contributed by atoms with E-state index >= 15 is 0 Å². The van der Waals surface area contributed by atoms with Crippen LogP contribution >= 0.6 is 22.9 Å². The molecule has 0 radical (unpaired) electrons. The molecule has 1 aromatic carbocycles. The fraction of sp³-hybridized carbons (Fsp3) is 0.312. The predicted octanol–water partition coefficient (Wildman–Crippen LogP) is 4.46. The van der Waals surface area contributed by atoms with Gasteiger partial charge in [0.25, 0.3) is 0 Å². The highest BCUT2D eigenvalue weighted by Gasteiger charge is 2.18. The van der Waals surface area contributed by atoms with E-state index in [1.807, 2.05) is 51.2 Å². The third-order valence-corrected chi connectivity index (χ3v) is 4.70. The third kappa shape index (κ3) is 3.77. The Morgan fingerprint density at radius 1 is 1.38 bits per heavy atom. The first-order chi connectivity index (χ1) is 9.88. The Bertz CT molecular complexity index is 651. The van der Waals surface area contributed by atoms with Crippen molar-refractivity contribution in [3.8, 4) is 0 Å². The van der Waals surface area contributed by atoms with Gasteiger partial charge >= 0.3 is 0 Å². The molecule has 3 nitrogen and oxygen atoms in total. The molecule has 0 spiro atoms. The standard InChI is InChI=1S/C16H19ClN2OS/c1-10(2)15(20)16-13(18)8-14(21-16)19(3)9-11-5-4-6-12(17)7-11/h4-8,10H,9,18H2,1-3H3. The molecule has 0 saturated carbocycles. The number of halogens is 1. The van der Waals surface area contributed by atoms with Crippen molar-refractivity contribution in [2.75, 3.05) is 17.7 Å². The summed E-state index contributed by atoms with van der Waals surface area (Å²) < 4.78 is 0. The van der Waals surface area contributed by atoms with Crippen molar-refractivity contribution >= 4 is 39.4 Å². The molecule has 0 aliphatic carbocycles. The lowest BCUT2D eigenvalue weighted by atomic mass is 10.1. The molecule has 112 valence electrons. The number of benzene rings is 1. The van der Waals surface area contributed by atoms with Crippen LogP contribution in [0.1, 0.15) is 29.1 Å². The number of nitrogens with two attached hydrogens (primary N) is 1. The first-order valence-electron chi connectivity index (χ1n) is 6.77. The topological polar surface area (TPSA) is 46.3 Å². The molecular weight excluding hydrogens is 304 g/mol. The summed E-state index contributed by atoms with van der Waals surface area (Å²) in [5, 5.41) is 1.71. The average Bonchev–Trinajstić information content (AvgIpc) is 2.80. The highest BCUT2D eigenvalue weighted by atomic mass is 35.5. The first-order valence-corrected chi connectivity index (χ1v) is 7.97. The Labute approximate surface area is 134 Å². The van der Waals surface area contributed by atoms with E-state index in [1.165, 1.54) is 11.3 Å². The molecule has 2 aromatic rings. The molecule has 0 aliphatic rings. The van der Waals surface area contributed by atoms with Gasteiger partial charge in [-0.3, -0.25) is 4.79 Å². The first kappa shape index (κ1) is 15.9. The van der Waals surface area contributed by atoms with E-state index in [4.69, 9.17) is 17.3 Å². The van der Waals surface area contributed by atoms with Crippen LogP contribution in [0.4, 0.5) is 10.7 Å². The summed E-state index contributed by atoms with van der Waals surface area (Å²) in [4.78, 5) is 14.8. The van der Waals surface area contributed by atoms with E-state index < -0.39 is 0 Å². The smallest absolute Gasteiger partial charge is 0.177 e. The second kappa shape index (κ2) is 6.50. The Morgan fingerprint density at radius 2 is 2.10 bits per heavy atom. The number of rotatable bonds is 5. The van der Waals surface area contributed by atoms with Gasteiger partial charge in [0.05, 0.1) is 15.6 Å². The highest BCUT2D eigenvalue weighted by molar-refractivity contribution is 7.18. The monoisotopic (exact) mass is 322 g/mol. The van der Waals surface area contributed by atoms with Gasteiger partial charge in [0.1, 0.15) is 0 Å². The van der Waals surface area contributed by atoms with E-state index in [9.17, 15) is 4.79 Å². The number of anilines is 2. The average molecular weight is 323 g/mol. The molecule has 2 N–H and O–H groups in total. The molecule has 2 rings (SSSR count). The van der Waals surface area contributed by atoms with Gasteiger partial charge in [-0.25, -0.2) is 0 Å². The lowest BCUT2D eigenvalue weighted by Gasteiger charge is -2.17. The summed E-state index contributed by atoms with van der Waals surface area (Å²) in [6.07, 6.45) is 0. The van der Waals surface area contributed by atoms with E-state index in [0.29, 0.717) is 10.6 Å². The fourth-order valence-electron chi connectivity index (χ4n) is 2.02. The molecule has 21 heavy (non-hydrogen) atoms. The van der Waals surface area contributed by atoms with Gasteiger partial charge in [0.2, 0.25) is 0 Å². The maximum Gasteiger partial charge on any atom is 0.177 e. The fourth-order valence-corrected chi connectivity index (χ4v) is 3.36. The maximum atomic E-state index is 12.1. The Morgan fingerprint density at radius 3 is 2.71 bits per heavy atom.